The first-order chi connectivity index (χ1) is 8.67. The zero-order valence-electron chi connectivity index (χ0n) is 10.9. The minimum Gasteiger partial charge on any atom is -0.381 e. The monoisotopic (exact) mass is 264 g/mol. The second-order valence-electron chi connectivity index (χ2n) is 4.77. The number of hydrogen-bond acceptors (Lipinski definition) is 3. The van der Waals surface area contributed by atoms with E-state index in [2.05, 4.69) is 29.7 Å². The Kier molecular flexibility index (Phi) is 4.53. The van der Waals surface area contributed by atoms with Crippen molar-refractivity contribution < 1.29 is 4.79 Å². The van der Waals surface area contributed by atoms with Crippen LogP contribution in [0.4, 0.5) is 5.69 Å². The number of amides is 1. The maximum Gasteiger partial charge on any atom is 0.224 e. The van der Waals surface area contributed by atoms with Crippen LogP contribution >= 0.6 is 11.8 Å². The summed E-state index contributed by atoms with van der Waals surface area (Å²) in [7, 11) is 1.66. The summed E-state index contributed by atoms with van der Waals surface area (Å²) in [5.74, 6) is 1.23. The molecule has 1 amide bonds. The van der Waals surface area contributed by atoms with Crippen LogP contribution in [0.3, 0.4) is 0 Å². The number of benzene rings is 1. The first-order valence-electron chi connectivity index (χ1n) is 6.35. The fraction of sp³-hybridized carbons (Fsp3) is 0.500. The van der Waals surface area contributed by atoms with Crippen molar-refractivity contribution in [1.29, 1.82) is 0 Å². The standard InChI is InChI=1S/C14H20N2OS/c1-10-7-13(9-18-10)16-12-5-3-11(4-6-12)8-14(17)15-2/h3-6,10,13,16H,7-9H2,1-2H3,(H,15,17). The number of rotatable bonds is 4. The van der Waals surface area contributed by atoms with E-state index in [1.807, 2.05) is 23.9 Å². The molecular formula is C14H20N2OS. The number of anilines is 1. The molecule has 0 aromatic heterocycles. The molecule has 3 nitrogen and oxygen atoms in total. The zero-order chi connectivity index (χ0) is 13.0. The highest BCUT2D eigenvalue weighted by atomic mass is 32.2. The van der Waals surface area contributed by atoms with E-state index in [1.165, 1.54) is 12.2 Å². The van der Waals surface area contributed by atoms with Crippen LogP contribution in [-0.4, -0.2) is 30.0 Å². The number of hydrogen-bond donors (Lipinski definition) is 2. The summed E-state index contributed by atoms with van der Waals surface area (Å²) in [6, 6.07) is 8.74. The molecule has 1 fully saturated rings. The van der Waals surface area contributed by atoms with Crippen LogP contribution in [0.2, 0.25) is 0 Å². The molecule has 1 aliphatic rings. The van der Waals surface area contributed by atoms with Gasteiger partial charge in [0.1, 0.15) is 0 Å². The van der Waals surface area contributed by atoms with Crippen molar-refractivity contribution in [3.63, 3.8) is 0 Å². The Bertz CT molecular complexity index is 405. The van der Waals surface area contributed by atoms with Crippen LogP contribution in [0.15, 0.2) is 24.3 Å². The van der Waals surface area contributed by atoms with Gasteiger partial charge in [-0.2, -0.15) is 11.8 Å². The molecule has 0 spiro atoms. The summed E-state index contributed by atoms with van der Waals surface area (Å²) in [6.45, 7) is 2.28. The van der Waals surface area contributed by atoms with Gasteiger partial charge >= 0.3 is 0 Å². The van der Waals surface area contributed by atoms with Gasteiger partial charge in [0.2, 0.25) is 5.91 Å². The van der Waals surface area contributed by atoms with Crippen molar-refractivity contribution in [1.82, 2.24) is 5.32 Å². The minimum absolute atomic E-state index is 0.0525. The predicted octanol–water partition coefficient (Wildman–Crippen LogP) is 2.28. The van der Waals surface area contributed by atoms with Crippen molar-refractivity contribution in [2.45, 2.75) is 31.1 Å². The second kappa shape index (κ2) is 6.14. The smallest absolute Gasteiger partial charge is 0.224 e. The first kappa shape index (κ1) is 13.3. The molecule has 1 aliphatic heterocycles. The highest BCUT2D eigenvalue weighted by molar-refractivity contribution is 8.00. The quantitative estimate of drug-likeness (QED) is 0.876. The van der Waals surface area contributed by atoms with Gasteiger partial charge in [-0.1, -0.05) is 19.1 Å². The van der Waals surface area contributed by atoms with Gasteiger partial charge in [-0.05, 0) is 24.1 Å². The maximum absolute atomic E-state index is 11.3. The van der Waals surface area contributed by atoms with E-state index >= 15 is 0 Å². The fourth-order valence-corrected chi connectivity index (χ4v) is 3.29. The highest BCUT2D eigenvalue weighted by Gasteiger charge is 2.21. The Morgan fingerprint density at radius 2 is 2.11 bits per heavy atom. The number of thioether (sulfide) groups is 1. The van der Waals surface area contributed by atoms with E-state index in [4.69, 9.17) is 0 Å². The van der Waals surface area contributed by atoms with Crippen molar-refractivity contribution in [3.8, 4) is 0 Å². The lowest BCUT2D eigenvalue weighted by atomic mass is 10.1. The number of carbonyl (C=O) groups excluding carboxylic acids is 1. The van der Waals surface area contributed by atoms with E-state index in [-0.39, 0.29) is 5.91 Å². The molecule has 2 rings (SSSR count). The largest absolute Gasteiger partial charge is 0.381 e. The second-order valence-corrected chi connectivity index (χ2v) is 6.24. The van der Waals surface area contributed by atoms with Gasteiger partial charge in [-0.15, -0.1) is 0 Å². The van der Waals surface area contributed by atoms with Gasteiger partial charge in [0, 0.05) is 29.8 Å². The number of nitrogens with one attached hydrogen (secondary N) is 2. The van der Waals surface area contributed by atoms with Crippen LogP contribution in [0, 0.1) is 0 Å². The molecule has 4 heteroatoms. The number of likely N-dealkylation sites (N-methyl/N-ethyl adjacent to an activating group) is 1. The molecule has 2 N–H and O–H groups in total. The van der Waals surface area contributed by atoms with Crippen LogP contribution in [-0.2, 0) is 11.2 Å². The van der Waals surface area contributed by atoms with E-state index in [1.54, 1.807) is 7.05 Å². The van der Waals surface area contributed by atoms with Gasteiger partial charge in [0.15, 0.2) is 0 Å². The predicted molar refractivity (Wildman–Crippen MR) is 78.2 cm³/mol. The van der Waals surface area contributed by atoms with Crippen molar-refractivity contribution in [3.05, 3.63) is 29.8 Å². The minimum atomic E-state index is 0.0525. The van der Waals surface area contributed by atoms with E-state index in [0.29, 0.717) is 12.5 Å². The van der Waals surface area contributed by atoms with Crippen LogP contribution in [0.25, 0.3) is 0 Å². The van der Waals surface area contributed by atoms with Crippen molar-refractivity contribution in [2.24, 2.45) is 0 Å². The Balaban J connectivity index is 1.89. The van der Waals surface area contributed by atoms with Gasteiger partial charge in [-0.25, -0.2) is 0 Å². The first-order valence-corrected chi connectivity index (χ1v) is 7.40. The molecule has 1 heterocycles. The summed E-state index contributed by atoms with van der Waals surface area (Å²) in [5, 5.41) is 6.94. The zero-order valence-corrected chi connectivity index (χ0v) is 11.7. The Hall–Kier alpha value is -1.16. The molecule has 0 saturated carbocycles. The molecule has 0 aliphatic carbocycles. The highest BCUT2D eigenvalue weighted by Crippen LogP contribution is 2.28. The van der Waals surface area contributed by atoms with Crippen molar-refractivity contribution in [2.75, 3.05) is 18.1 Å². The van der Waals surface area contributed by atoms with Gasteiger partial charge < -0.3 is 10.6 Å². The lowest BCUT2D eigenvalue weighted by Crippen LogP contribution is -2.20. The average molecular weight is 264 g/mol. The Labute approximate surface area is 113 Å². The van der Waals surface area contributed by atoms with Gasteiger partial charge in [0.05, 0.1) is 6.42 Å². The molecule has 18 heavy (non-hydrogen) atoms. The maximum atomic E-state index is 11.3. The Morgan fingerprint density at radius 3 is 2.67 bits per heavy atom. The third kappa shape index (κ3) is 3.67. The van der Waals surface area contributed by atoms with E-state index < -0.39 is 0 Å². The molecule has 1 saturated heterocycles. The lowest BCUT2D eigenvalue weighted by molar-refractivity contribution is -0.119. The fourth-order valence-electron chi connectivity index (χ4n) is 2.15. The van der Waals surface area contributed by atoms with Gasteiger partial charge in [-0.3, -0.25) is 4.79 Å². The van der Waals surface area contributed by atoms with Gasteiger partial charge in [0.25, 0.3) is 0 Å². The topological polar surface area (TPSA) is 41.1 Å². The van der Waals surface area contributed by atoms with E-state index in [0.717, 1.165) is 16.5 Å². The summed E-state index contributed by atoms with van der Waals surface area (Å²) in [5.41, 5.74) is 2.20. The lowest BCUT2D eigenvalue weighted by Gasteiger charge is -2.13. The molecule has 2 atom stereocenters. The molecule has 98 valence electrons. The van der Waals surface area contributed by atoms with Crippen LogP contribution in [0.1, 0.15) is 18.9 Å². The molecule has 1 aromatic rings. The molecule has 2 unspecified atom stereocenters. The van der Waals surface area contributed by atoms with Crippen LogP contribution < -0.4 is 10.6 Å². The molecule has 0 radical (unpaired) electrons. The van der Waals surface area contributed by atoms with E-state index in [9.17, 15) is 4.79 Å². The number of carbonyl (C=O) groups is 1. The average Bonchev–Trinajstić information content (AvgIpc) is 2.77. The SMILES string of the molecule is CNC(=O)Cc1ccc(NC2CSC(C)C2)cc1. The van der Waals surface area contributed by atoms with Crippen LogP contribution in [0.5, 0.6) is 0 Å². The van der Waals surface area contributed by atoms with Crippen molar-refractivity contribution >= 4 is 23.4 Å². The summed E-state index contributed by atoms with van der Waals surface area (Å²) in [6.07, 6.45) is 1.68. The summed E-state index contributed by atoms with van der Waals surface area (Å²) >= 11 is 2.02. The molecule has 1 aromatic carbocycles. The third-order valence-corrected chi connectivity index (χ3v) is 4.52. The molecular weight excluding hydrogens is 244 g/mol. The normalized spacial score (nSPS) is 22.8. The Morgan fingerprint density at radius 1 is 1.39 bits per heavy atom. The summed E-state index contributed by atoms with van der Waals surface area (Å²) in [4.78, 5) is 11.3. The molecule has 0 bridgehead atoms. The summed E-state index contributed by atoms with van der Waals surface area (Å²) < 4.78 is 0. The third-order valence-electron chi connectivity index (χ3n) is 3.17.